The Morgan fingerprint density at radius 3 is 2.62 bits per heavy atom. The lowest BCUT2D eigenvalue weighted by molar-refractivity contribution is -0.137. The minimum absolute atomic E-state index is 0.178. The summed E-state index contributed by atoms with van der Waals surface area (Å²) in [4.78, 5) is 17.6. The van der Waals surface area contributed by atoms with E-state index >= 15 is 0 Å². The highest BCUT2D eigenvalue weighted by Gasteiger charge is 2.30. The molecule has 0 radical (unpaired) electrons. The van der Waals surface area contributed by atoms with E-state index in [1.807, 2.05) is 12.1 Å². The van der Waals surface area contributed by atoms with E-state index in [4.69, 9.17) is 0 Å². The van der Waals surface area contributed by atoms with E-state index in [1.165, 1.54) is 17.2 Å². The molecular formula is C25H30F3N3O. The quantitative estimate of drug-likeness (QED) is 0.745. The van der Waals surface area contributed by atoms with Crippen LogP contribution in [0.1, 0.15) is 51.5 Å². The van der Waals surface area contributed by atoms with Gasteiger partial charge in [-0.2, -0.15) is 13.2 Å². The van der Waals surface area contributed by atoms with Gasteiger partial charge < -0.3 is 10.2 Å². The Kier molecular flexibility index (Phi) is 6.86. The van der Waals surface area contributed by atoms with Gasteiger partial charge in [0.1, 0.15) is 0 Å². The molecular weight excluding hydrogens is 415 g/mol. The van der Waals surface area contributed by atoms with Crippen molar-refractivity contribution in [3.8, 4) is 0 Å². The summed E-state index contributed by atoms with van der Waals surface area (Å²) in [6.45, 7) is 4.48. The summed E-state index contributed by atoms with van der Waals surface area (Å²) in [5.41, 5.74) is 3.09. The molecule has 1 fully saturated rings. The molecule has 0 saturated carbocycles. The van der Waals surface area contributed by atoms with Crippen LogP contribution in [0.15, 0.2) is 42.5 Å². The van der Waals surface area contributed by atoms with Crippen molar-refractivity contribution in [3.63, 3.8) is 0 Å². The zero-order valence-corrected chi connectivity index (χ0v) is 18.4. The van der Waals surface area contributed by atoms with Gasteiger partial charge in [0.25, 0.3) is 5.91 Å². The Hall–Kier alpha value is -2.38. The lowest BCUT2D eigenvalue weighted by Crippen LogP contribution is -2.46. The molecule has 2 aliphatic rings. The average Bonchev–Trinajstić information content (AvgIpc) is 2.78. The van der Waals surface area contributed by atoms with Gasteiger partial charge in [0.15, 0.2) is 0 Å². The summed E-state index contributed by atoms with van der Waals surface area (Å²) >= 11 is 0. The van der Waals surface area contributed by atoms with Gasteiger partial charge >= 0.3 is 6.18 Å². The van der Waals surface area contributed by atoms with Gasteiger partial charge in [0, 0.05) is 44.3 Å². The van der Waals surface area contributed by atoms with Crippen LogP contribution in [0.2, 0.25) is 0 Å². The van der Waals surface area contributed by atoms with Gasteiger partial charge in [-0.1, -0.05) is 24.3 Å². The van der Waals surface area contributed by atoms with Crippen LogP contribution in [0.25, 0.3) is 0 Å². The first kappa shape index (κ1) is 22.8. The number of carbonyl (C=O) groups is 1. The van der Waals surface area contributed by atoms with Gasteiger partial charge in [0.05, 0.1) is 5.56 Å². The summed E-state index contributed by atoms with van der Waals surface area (Å²) in [5.74, 6) is -0.178. The summed E-state index contributed by atoms with van der Waals surface area (Å²) in [6, 6.07) is 11.6. The SMILES string of the molecule is CN1CCN(C2CCCc3ccc(C(=O)NCCc4cccc(C(F)(F)F)c4)cc32)CC1. The summed E-state index contributed by atoms with van der Waals surface area (Å²) < 4.78 is 38.7. The zero-order valence-electron chi connectivity index (χ0n) is 18.4. The highest BCUT2D eigenvalue weighted by molar-refractivity contribution is 5.94. The molecule has 1 aliphatic carbocycles. The second kappa shape index (κ2) is 9.63. The zero-order chi connectivity index (χ0) is 22.7. The van der Waals surface area contributed by atoms with Gasteiger partial charge in [-0.15, -0.1) is 0 Å². The molecule has 0 bridgehead atoms. The van der Waals surface area contributed by atoms with Crippen LogP contribution in [-0.2, 0) is 19.0 Å². The molecule has 2 aromatic carbocycles. The third-order valence-electron chi connectivity index (χ3n) is 6.62. The fourth-order valence-electron chi connectivity index (χ4n) is 4.75. The average molecular weight is 446 g/mol. The number of fused-ring (bicyclic) bond motifs is 1. The van der Waals surface area contributed by atoms with Crippen LogP contribution in [0.3, 0.4) is 0 Å². The third-order valence-corrected chi connectivity index (χ3v) is 6.62. The van der Waals surface area contributed by atoms with E-state index in [0.29, 0.717) is 30.1 Å². The molecule has 4 nitrogen and oxygen atoms in total. The van der Waals surface area contributed by atoms with E-state index in [0.717, 1.165) is 57.6 Å². The van der Waals surface area contributed by atoms with Gasteiger partial charge in [0.2, 0.25) is 0 Å². The first-order valence-electron chi connectivity index (χ1n) is 11.3. The number of rotatable bonds is 5. The normalized spacial score (nSPS) is 20.1. The van der Waals surface area contributed by atoms with E-state index in [9.17, 15) is 18.0 Å². The van der Waals surface area contributed by atoms with Crippen molar-refractivity contribution in [2.45, 2.75) is 37.9 Å². The van der Waals surface area contributed by atoms with Crippen molar-refractivity contribution in [2.75, 3.05) is 39.8 Å². The maximum absolute atomic E-state index is 12.9. The topological polar surface area (TPSA) is 35.6 Å². The largest absolute Gasteiger partial charge is 0.416 e. The van der Waals surface area contributed by atoms with Crippen molar-refractivity contribution in [1.29, 1.82) is 0 Å². The monoisotopic (exact) mass is 445 g/mol. The molecule has 1 heterocycles. The molecule has 1 aliphatic heterocycles. The first-order chi connectivity index (χ1) is 15.3. The van der Waals surface area contributed by atoms with E-state index in [-0.39, 0.29) is 5.91 Å². The Morgan fingerprint density at radius 2 is 1.88 bits per heavy atom. The number of piperazine rings is 1. The van der Waals surface area contributed by atoms with Crippen LogP contribution in [0, 0.1) is 0 Å². The summed E-state index contributed by atoms with van der Waals surface area (Å²) in [5, 5.41) is 2.87. The van der Waals surface area contributed by atoms with E-state index in [1.54, 1.807) is 6.07 Å². The number of halogens is 3. The molecule has 1 atom stereocenters. The van der Waals surface area contributed by atoms with Crippen molar-refractivity contribution in [1.82, 2.24) is 15.1 Å². The number of carbonyl (C=O) groups excluding carboxylic acids is 1. The fraction of sp³-hybridized carbons (Fsp3) is 0.480. The predicted molar refractivity (Wildman–Crippen MR) is 119 cm³/mol. The Bertz CT molecular complexity index is 952. The van der Waals surface area contributed by atoms with Crippen molar-refractivity contribution in [2.24, 2.45) is 0 Å². The number of nitrogens with zero attached hydrogens (tertiary/aromatic N) is 2. The molecule has 1 amide bonds. The first-order valence-corrected chi connectivity index (χ1v) is 11.3. The molecule has 7 heteroatoms. The lowest BCUT2D eigenvalue weighted by atomic mass is 9.85. The molecule has 0 aromatic heterocycles. The van der Waals surface area contributed by atoms with Gasteiger partial charge in [-0.05, 0) is 67.6 Å². The van der Waals surface area contributed by atoms with Crippen molar-refractivity contribution < 1.29 is 18.0 Å². The number of alkyl halides is 3. The Balaban J connectivity index is 1.40. The van der Waals surface area contributed by atoms with Crippen LogP contribution in [-0.4, -0.2) is 55.5 Å². The number of aryl methyl sites for hydroxylation is 1. The molecule has 1 saturated heterocycles. The number of nitrogens with one attached hydrogen (secondary N) is 1. The van der Waals surface area contributed by atoms with Crippen LogP contribution < -0.4 is 5.32 Å². The lowest BCUT2D eigenvalue weighted by Gasteiger charge is -2.40. The number of benzene rings is 2. The molecule has 32 heavy (non-hydrogen) atoms. The highest BCUT2D eigenvalue weighted by atomic mass is 19.4. The van der Waals surface area contributed by atoms with Gasteiger partial charge in [-0.3, -0.25) is 9.69 Å². The number of hydrogen-bond acceptors (Lipinski definition) is 3. The van der Waals surface area contributed by atoms with Crippen molar-refractivity contribution in [3.05, 3.63) is 70.3 Å². The second-order valence-electron chi connectivity index (χ2n) is 8.86. The molecule has 0 spiro atoms. The molecule has 4 rings (SSSR count). The highest BCUT2D eigenvalue weighted by Crippen LogP contribution is 2.35. The van der Waals surface area contributed by atoms with Crippen LogP contribution in [0.5, 0.6) is 0 Å². The molecule has 1 N–H and O–H groups in total. The van der Waals surface area contributed by atoms with Gasteiger partial charge in [-0.25, -0.2) is 0 Å². The fourth-order valence-corrected chi connectivity index (χ4v) is 4.75. The molecule has 172 valence electrons. The Labute approximate surface area is 187 Å². The maximum Gasteiger partial charge on any atom is 0.416 e. The smallest absolute Gasteiger partial charge is 0.352 e. The predicted octanol–water partition coefficient (Wildman–Crippen LogP) is 4.30. The minimum Gasteiger partial charge on any atom is -0.352 e. The third kappa shape index (κ3) is 5.33. The number of amides is 1. The standard InChI is InChI=1S/C25H30F3N3O/c1-30-12-14-31(15-13-30)23-7-3-5-19-8-9-20(17-22(19)23)24(32)29-11-10-18-4-2-6-21(16-18)25(26,27)28/h2,4,6,8-9,16-17,23H,3,5,7,10-15H2,1H3,(H,29,32). The number of likely N-dealkylation sites (N-methyl/N-ethyl adjacent to an activating group) is 1. The second-order valence-corrected chi connectivity index (χ2v) is 8.86. The van der Waals surface area contributed by atoms with Crippen LogP contribution in [0.4, 0.5) is 13.2 Å². The van der Waals surface area contributed by atoms with Crippen molar-refractivity contribution >= 4 is 5.91 Å². The number of hydrogen-bond donors (Lipinski definition) is 1. The van der Waals surface area contributed by atoms with Crippen LogP contribution >= 0.6 is 0 Å². The summed E-state index contributed by atoms with van der Waals surface area (Å²) in [7, 11) is 2.15. The minimum atomic E-state index is -4.36. The molecule has 2 aromatic rings. The maximum atomic E-state index is 12.9. The summed E-state index contributed by atoms with van der Waals surface area (Å²) in [6.07, 6.45) is -0.700. The Morgan fingerprint density at radius 1 is 1.09 bits per heavy atom. The van der Waals surface area contributed by atoms with E-state index < -0.39 is 11.7 Å². The molecule has 1 unspecified atom stereocenters. The van der Waals surface area contributed by atoms with E-state index in [2.05, 4.69) is 28.2 Å².